The molecule has 0 aliphatic carbocycles. The standard InChI is InChI=1S/C17H26N4O3/c1-24-14-6-4-5-13(9-14)15(21-7-2-3-8-21)11-19-17(23)12-20-16(22)10-18/h4-6,9,15H,2-3,7-8,10-12,18H2,1H3,(H,19,23)(H,20,22). The van der Waals surface area contributed by atoms with Gasteiger partial charge in [-0.1, -0.05) is 12.1 Å². The van der Waals surface area contributed by atoms with E-state index in [-0.39, 0.29) is 30.9 Å². The van der Waals surface area contributed by atoms with Gasteiger partial charge in [0.15, 0.2) is 0 Å². The largest absolute Gasteiger partial charge is 0.497 e. The Kier molecular flexibility index (Phi) is 7.02. The fraction of sp³-hybridized carbons (Fsp3) is 0.529. The van der Waals surface area contributed by atoms with Crippen molar-refractivity contribution in [2.24, 2.45) is 5.73 Å². The van der Waals surface area contributed by atoms with Gasteiger partial charge in [0.25, 0.3) is 0 Å². The van der Waals surface area contributed by atoms with Gasteiger partial charge in [0.05, 0.1) is 26.2 Å². The van der Waals surface area contributed by atoms with Crippen molar-refractivity contribution in [1.29, 1.82) is 0 Å². The summed E-state index contributed by atoms with van der Waals surface area (Å²) in [5, 5.41) is 5.37. The molecule has 2 amide bonds. The van der Waals surface area contributed by atoms with Crippen molar-refractivity contribution >= 4 is 11.8 Å². The Morgan fingerprint density at radius 2 is 2.00 bits per heavy atom. The molecule has 0 saturated carbocycles. The van der Waals surface area contributed by atoms with E-state index < -0.39 is 0 Å². The van der Waals surface area contributed by atoms with Gasteiger partial charge in [-0.25, -0.2) is 0 Å². The van der Waals surface area contributed by atoms with Crippen LogP contribution < -0.4 is 21.1 Å². The number of nitrogens with two attached hydrogens (primary N) is 1. The predicted octanol–water partition coefficient (Wildman–Crippen LogP) is 0.0232. The topological polar surface area (TPSA) is 96.7 Å². The van der Waals surface area contributed by atoms with E-state index in [0.29, 0.717) is 6.54 Å². The number of ether oxygens (including phenoxy) is 1. The molecule has 0 bridgehead atoms. The van der Waals surface area contributed by atoms with Gasteiger partial charge in [0, 0.05) is 6.54 Å². The van der Waals surface area contributed by atoms with Crippen LogP contribution in [0.2, 0.25) is 0 Å². The van der Waals surface area contributed by atoms with Gasteiger partial charge in [0.1, 0.15) is 5.75 Å². The summed E-state index contributed by atoms with van der Waals surface area (Å²) in [6.45, 7) is 2.35. The van der Waals surface area contributed by atoms with Crippen molar-refractivity contribution in [3.05, 3.63) is 29.8 Å². The van der Waals surface area contributed by atoms with E-state index in [1.807, 2.05) is 24.3 Å². The molecule has 1 saturated heterocycles. The van der Waals surface area contributed by atoms with E-state index in [2.05, 4.69) is 15.5 Å². The fourth-order valence-corrected chi connectivity index (χ4v) is 2.88. The predicted molar refractivity (Wildman–Crippen MR) is 91.6 cm³/mol. The van der Waals surface area contributed by atoms with Gasteiger partial charge in [-0.05, 0) is 43.6 Å². The lowest BCUT2D eigenvalue weighted by Crippen LogP contribution is -2.42. The summed E-state index contributed by atoms with van der Waals surface area (Å²) in [5.41, 5.74) is 6.32. The highest BCUT2D eigenvalue weighted by atomic mass is 16.5. The zero-order valence-electron chi connectivity index (χ0n) is 14.1. The second-order valence-electron chi connectivity index (χ2n) is 5.82. The van der Waals surface area contributed by atoms with Gasteiger partial charge in [-0.15, -0.1) is 0 Å². The first kappa shape index (κ1) is 18.2. The third-order valence-electron chi connectivity index (χ3n) is 4.18. The van der Waals surface area contributed by atoms with Crippen LogP contribution >= 0.6 is 0 Å². The van der Waals surface area contributed by atoms with Crippen LogP contribution in [0.1, 0.15) is 24.4 Å². The van der Waals surface area contributed by atoms with Crippen molar-refractivity contribution in [3.63, 3.8) is 0 Å². The van der Waals surface area contributed by atoms with E-state index in [1.165, 1.54) is 12.8 Å². The van der Waals surface area contributed by atoms with Crippen molar-refractivity contribution in [1.82, 2.24) is 15.5 Å². The summed E-state index contributed by atoms with van der Waals surface area (Å²) < 4.78 is 5.31. The van der Waals surface area contributed by atoms with Crippen LogP contribution in [0.15, 0.2) is 24.3 Å². The number of carbonyl (C=O) groups is 2. The molecule has 1 fully saturated rings. The lowest BCUT2D eigenvalue weighted by Gasteiger charge is -2.28. The van der Waals surface area contributed by atoms with E-state index in [0.717, 1.165) is 24.4 Å². The van der Waals surface area contributed by atoms with Gasteiger partial charge < -0.3 is 21.1 Å². The van der Waals surface area contributed by atoms with Crippen LogP contribution in [0.3, 0.4) is 0 Å². The van der Waals surface area contributed by atoms with Crippen molar-refractivity contribution < 1.29 is 14.3 Å². The summed E-state index contributed by atoms with van der Waals surface area (Å²) in [5.74, 6) is 0.246. The highest BCUT2D eigenvalue weighted by Gasteiger charge is 2.24. The number of methoxy groups -OCH3 is 1. The molecule has 24 heavy (non-hydrogen) atoms. The Morgan fingerprint density at radius 3 is 2.67 bits per heavy atom. The van der Waals surface area contributed by atoms with Crippen LogP contribution in [0.4, 0.5) is 0 Å². The molecule has 1 atom stereocenters. The highest BCUT2D eigenvalue weighted by Crippen LogP contribution is 2.27. The molecule has 0 aromatic heterocycles. The first-order valence-corrected chi connectivity index (χ1v) is 8.25. The molecule has 1 unspecified atom stereocenters. The zero-order chi connectivity index (χ0) is 17.4. The molecule has 1 aliphatic rings. The summed E-state index contributed by atoms with van der Waals surface area (Å²) >= 11 is 0. The number of hydrogen-bond donors (Lipinski definition) is 3. The Labute approximate surface area is 142 Å². The Bertz CT molecular complexity index is 559. The van der Waals surface area contributed by atoms with Crippen molar-refractivity contribution in [2.45, 2.75) is 18.9 Å². The molecule has 4 N–H and O–H groups in total. The molecule has 0 radical (unpaired) electrons. The first-order valence-electron chi connectivity index (χ1n) is 8.25. The molecule has 1 aromatic rings. The van der Waals surface area contributed by atoms with Gasteiger partial charge in [-0.3, -0.25) is 14.5 Å². The summed E-state index contributed by atoms with van der Waals surface area (Å²) in [4.78, 5) is 25.4. The first-order chi connectivity index (χ1) is 11.6. The molecule has 7 heteroatoms. The molecule has 0 spiro atoms. The molecule has 132 valence electrons. The number of rotatable bonds is 8. The summed E-state index contributed by atoms with van der Waals surface area (Å²) in [7, 11) is 1.64. The average Bonchev–Trinajstić information content (AvgIpc) is 3.14. The molecule has 2 rings (SSSR count). The number of hydrogen-bond acceptors (Lipinski definition) is 5. The number of nitrogens with one attached hydrogen (secondary N) is 2. The highest BCUT2D eigenvalue weighted by molar-refractivity contribution is 5.85. The molecule has 1 heterocycles. The van der Waals surface area contributed by atoms with E-state index in [9.17, 15) is 9.59 Å². The zero-order valence-corrected chi connectivity index (χ0v) is 14.1. The average molecular weight is 334 g/mol. The van der Waals surface area contributed by atoms with Crippen LogP contribution in [-0.4, -0.2) is 56.5 Å². The maximum atomic E-state index is 11.9. The molecule has 1 aromatic carbocycles. The maximum absolute atomic E-state index is 11.9. The number of carbonyl (C=O) groups excluding carboxylic acids is 2. The van der Waals surface area contributed by atoms with Crippen LogP contribution in [-0.2, 0) is 9.59 Å². The van der Waals surface area contributed by atoms with Gasteiger partial charge in [-0.2, -0.15) is 0 Å². The number of nitrogens with zero attached hydrogens (tertiary/aromatic N) is 1. The smallest absolute Gasteiger partial charge is 0.239 e. The molecular weight excluding hydrogens is 308 g/mol. The second-order valence-corrected chi connectivity index (χ2v) is 5.82. The number of amides is 2. The van der Waals surface area contributed by atoms with Crippen molar-refractivity contribution in [2.75, 3.05) is 39.8 Å². The maximum Gasteiger partial charge on any atom is 0.239 e. The molecule has 1 aliphatic heterocycles. The van der Waals surface area contributed by atoms with Crippen LogP contribution in [0, 0.1) is 0 Å². The van der Waals surface area contributed by atoms with Crippen LogP contribution in [0.25, 0.3) is 0 Å². The minimum atomic E-state index is -0.339. The third kappa shape index (κ3) is 5.21. The van der Waals surface area contributed by atoms with Crippen molar-refractivity contribution in [3.8, 4) is 5.75 Å². The quantitative estimate of drug-likeness (QED) is 0.623. The molecule has 7 nitrogen and oxygen atoms in total. The van der Waals surface area contributed by atoms with E-state index in [1.54, 1.807) is 7.11 Å². The van der Waals surface area contributed by atoms with Gasteiger partial charge >= 0.3 is 0 Å². The monoisotopic (exact) mass is 334 g/mol. The lowest BCUT2D eigenvalue weighted by atomic mass is 10.0. The Morgan fingerprint density at radius 1 is 1.25 bits per heavy atom. The fourth-order valence-electron chi connectivity index (χ4n) is 2.88. The Hall–Kier alpha value is -2.12. The summed E-state index contributed by atoms with van der Waals surface area (Å²) in [6, 6.07) is 8.02. The van der Waals surface area contributed by atoms with Crippen LogP contribution in [0.5, 0.6) is 5.75 Å². The minimum absolute atomic E-state index is 0.0547. The number of likely N-dealkylation sites (tertiary alicyclic amines) is 1. The third-order valence-corrected chi connectivity index (χ3v) is 4.18. The Balaban J connectivity index is 1.98. The summed E-state index contributed by atoms with van der Waals surface area (Å²) in [6.07, 6.45) is 2.34. The second kappa shape index (κ2) is 9.24. The SMILES string of the molecule is COc1cccc(C(CNC(=O)CNC(=O)CN)N2CCCC2)c1. The number of benzene rings is 1. The molecular formula is C17H26N4O3. The van der Waals surface area contributed by atoms with E-state index in [4.69, 9.17) is 10.5 Å². The minimum Gasteiger partial charge on any atom is -0.497 e. The normalized spacial score (nSPS) is 15.8. The van der Waals surface area contributed by atoms with E-state index >= 15 is 0 Å². The lowest BCUT2D eigenvalue weighted by molar-refractivity contribution is -0.125. The van der Waals surface area contributed by atoms with Gasteiger partial charge in [0.2, 0.25) is 11.8 Å².